The molecule has 5 rings (SSSR count). The molecule has 2 aliphatic rings. The molecule has 2 saturated heterocycles. The number of carbonyl (C=O) groups is 1. The zero-order valence-corrected chi connectivity index (χ0v) is 25.3. The Bertz CT molecular complexity index is 1310. The largest absolute Gasteiger partial charge is 0.497 e. The summed E-state index contributed by atoms with van der Waals surface area (Å²) in [6.45, 7) is 3.15. The van der Waals surface area contributed by atoms with Gasteiger partial charge in [0.2, 0.25) is 0 Å². The Labute approximate surface area is 250 Å². The minimum atomic E-state index is 0.00644. The van der Waals surface area contributed by atoms with Crippen LogP contribution in [0.15, 0.2) is 84.4 Å². The predicted octanol–water partition coefficient (Wildman–Crippen LogP) is 6.10. The fraction of sp³-hybridized carbons (Fsp3) is 0.417. The van der Waals surface area contributed by atoms with E-state index in [1.54, 1.807) is 26.2 Å². The Morgan fingerprint density at radius 2 is 1.40 bits per heavy atom. The normalized spacial score (nSPS) is 18.2. The average molecular weight is 569 g/mol. The lowest BCUT2D eigenvalue weighted by molar-refractivity contribution is 0.0627. The van der Waals surface area contributed by atoms with E-state index in [-0.39, 0.29) is 5.91 Å². The Kier molecular flexibility index (Phi) is 10.5. The summed E-state index contributed by atoms with van der Waals surface area (Å²) in [6.07, 6.45) is 5.71. The van der Waals surface area contributed by atoms with Gasteiger partial charge in [-0.3, -0.25) is 9.69 Å². The fourth-order valence-electron chi connectivity index (χ4n) is 6.62. The molecule has 2 atom stereocenters. The minimum absolute atomic E-state index is 0.00644. The fourth-order valence-corrected chi connectivity index (χ4v) is 6.62. The maximum absolute atomic E-state index is 13.3. The monoisotopic (exact) mass is 568 g/mol. The van der Waals surface area contributed by atoms with Crippen molar-refractivity contribution in [2.24, 2.45) is 0 Å². The van der Waals surface area contributed by atoms with E-state index < -0.39 is 0 Å². The van der Waals surface area contributed by atoms with Crippen molar-refractivity contribution in [3.63, 3.8) is 0 Å². The molecule has 6 heteroatoms. The molecule has 2 aliphatic heterocycles. The number of amides is 1. The summed E-state index contributed by atoms with van der Waals surface area (Å²) in [5.41, 5.74) is 7.31. The Hall–Kier alpha value is -3.45. The summed E-state index contributed by atoms with van der Waals surface area (Å²) in [4.78, 5) is 17.9. The third-order valence-corrected chi connectivity index (χ3v) is 8.78. The van der Waals surface area contributed by atoms with Crippen LogP contribution in [0, 0.1) is 0 Å². The van der Waals surface area contributed by atoms with Crippen molar-refractivity contribution >= 4 is 11.5 Å². The maximum Gasteiger partial charge on any atom is 0.254 e. The van der Waals surface area contributed by atoms with Crippen LogP contribution in [0.1, 0.15) is 52.7 Å². The molecule has 3 aromatic carbocycles. The van der Waals surface area contributed by atoms with E-state index in [1.165, 1.54) is 40.7 Å². The van der Waals surface area contributed by atoms with Crippen LogP contribution in [0.25, 0.3) is 5.57 Å². The third kappa shape index (κ3) is 7.12. The SMILES string of the molecule is COCCN(CCOC)C(=O)c1ccc(C(=C2CC3CCC(C2)N3CCc2cccc(OC)c2)c2ccccc2)cc1. The van der Waals surface area contributed by atoms with Crippen LogP contribution in [0.2, 0.25) is 0 Å². The van der Waals surface area contributed by atoms with Gasteiger partial charge in [0.1, 0.15) is 5.75 Å². The molecular weight excluding hydrogens is 524 g/mol. The number of piperidine rings is 1. The van der Waals surface area contributed by atoms with Crippen LogP contribution in [-0.2, 0) is 15.9 Å². The van der Waals surface area contributed by atoms with Crippen molar-refractivity contribution < 1.29 is 19.0 Å². The van der Waals surface area contributed by atoms with Gasteiger partial charge in [-0.25, -0.2) is 0 Å². The molecular formula is C36H44N2O4. The highest BCUT2D eigenvalue weighted by Gasteiger charge is 2.39. The molecule has 6 nitrogen and oxygen atoms in total. The third-order valence-electron chi connectivity index (χ3n) is 8.78. The second-order valence-electron chi connectivity index (χ2n) is 11.3. The standard InChI is InChI=1S/C36H44N2O4/c1-40-22-20-37(21-23-41-2)36(39)30-14-12-29(13-15-30)35(28-9-5-4-6-10-28)31-25-32-16-17-33(26-31)38(32)19-18-27-8-7-11-34(24-27)42-3/h4-15,24,32-33H,16-23,25-26H2,1-3H3. The molecule has 0 N–H and O–H groups in total. The van der Waals surface area contributed by atoms with Gasteiger partial charge in [0.25, 0.3) is 5.91 Å². The molecule has 222 valence electrons. The van der Waals surface area contributed by atoms with E-state index >= 15 is 0 Å². The van der Waals surface area contributed by atoms with Crippen LogP contribution >= 0.6 is 0 Å². The van der Waals surface area contributed by atoms with Crippen LogP contribution in [0.4, 0.5) is 0 Å². The van der Waals surface area contributed by atoms with Gasteiger partial charge in [0.15, 0.2) is 0 Å². The summed E-state index contributed by atoms with van der Waals surface area (Å²) in [5.74, 6) is 0.934. The van der Waals surface area contributed by atoms with Gasteiger partial charge in [-0.15, -0.1) is 0 Å². The number of carbonyl (C=O) groups excluding carboxylic acids is 1. The van der Waals surface area contributed by atoms with Crippen molar-refractivity contribution in [3.05, 3.63) is 107 Å². The number of fused-ring (bicyclic) bond motifs is 2. The van der Waals surface area contributed by atoms with Gasteiger partial charge >= 0.3 is 0 Å². The molecule has 0 aliphatic carbocycles. The summed E-state index contributed by atoms with van der Waals surface area (Å²) in [7, 11) is 5.04. The number of benzene rings is 3. The highest BCUT2D eigenvalue weighted by Crippen LogP contribution is 2.43. The van der Waals surface area contributed by atoms with Crippen molar-refractivity contribution in [2.45, 2.75) is 44.2 Å². The van der Waals surface area contributed by atoms with E-state index in [2.05, 4.69) is 65.6 Å². The molecule has 0 radical (unpaired) electrons. The molecule has 2 fully saturated rings. The van der Waals surface area contributed by atoms with Gasteiger partial charge in [-0.1, -0.05) is 60.2 Å². The first-order chi connectivity index (χ1) is 20.6. The second kappa shape index (κ2) is 14.6. The van der Waals surface area contributed by atoms with Crippen LogP contribution in [0.5, 0.6) is 5.75 Å². The molecule has 3 aromatic rings. The average Bonchev–Trinajstić information content (AvgIpc) is 3.27. The molecule has 2 unspecified atom stereocenters. The second-order valence-corrected chi connectivity index (χ2v) is 11.3. The Morgan fingerprint density at radius 3 is 2.02 bits per heavy atom. The molecule has 1 amide bonds. The van der Waals surface area contributed by atoms with Gasteiger partial charge in [-0.05, 0) is 78.6 Å². The summed E-state index contributed by atoms with van der Waals surface area (Å²) in [6, 6.07) is 28.6. The smallest absolute Gasteiger partial charge is 0.254 e. The molecule has 0 aromatic heterocycles. The first kappa shape index (κ1) is 30.0. The topological polar surface area (TPSA) is 51.2 Å². The Morgan fingerprint density at radius 1 is 0.786 bits per heavy atom. The highest BCUT2D eigenvalue weighted by molar-refractivity contribution is 5.95. The summed E-state index contributed by atoms with van der Waals surface area (Å²) in [5, 5.41) is 0. The molecule has 0 spiro atoms. The number of nitrogens with zero attached hydrogens (tertiary/aromatic N) is 2. The van der Waals surface area contributed by atoms with Crippen LogP contribution in [-0.4, -0.2) is 82.0 Å². The van der Waals surface area contributed by atoms with E-state index in [1.807, 2.05) is 18.2 Å². The molecule has 0 saturated carbocycles. The van der Waals surface area contributed by atoms with Crippen LogP contribution in [0.3, 0.4) is 0 Å². The van der Waals surface area contributed by atoms with Crippen molar-refractivity contribution in [3.8, 4) is 5.75 Å². The van der Waals surface area contributed by atoms with E-state index in [9.17, 15) is 4.79 Å². The van der Waals surface area contributed by atoms with Gasteiger partial charge in [0.05, 0.1) is 20.3 Å². The first-order valence-corrected chi connectivity index (χ1v) is 15.1. The van der Waals surface area contributed by atoms with Gasteiger partial charge in [0, 0.05) is 51.5 Å². The van der Waals surface area contributed by atoms with E-state index in [4.69, 9.17) is 14.2 Å². The zero-order chi connectivity index (χ0) is 29.3. The maximum atomic E-state index is 13.3. The lowest BCUT2D eigenvalue weighted by Gasteiger charge is -2.37. The summed E-state index contributed by atoms with van der Waals surface area (Å²) >= 11 is 0. The van der Waals surface area contributed by atoms with Gasteiger partial charge in [-0.2, -0.15) is 0 Å². The lowest BCUT2D eigenvalue weighted by atomic mass is 9.85. The summed E-state index contributed by atoms with van der Waals surface area (Å²) < 4.78 is 15.9. The number of hydrogen-bond donors (Lipinski definition) is 0. The van der Waals surface area contributed by atoms with E-state index in [0.29, 0.717) is 44.0 Å². The quantitative estimate of drug-likeness (QED) is 0.249. The van der Waals surface area contributed by atoms with Crippen molar-refractivity contribution in [2.75, 3.05) is 54.2 Å². The number of rotatable bonds is 13. The predicted molar refractivity (Wildman–Crippen MR) is 168 cm³/mol. The van der Waals surface area contributed by atoms with E-state index in [0.717, 1.165) is 31.6 Å². The lowest BCUT2D eigenvalue weighted by Crippen LogP contribution is -2.41. The zero-order valence-electron chi connectivity index (χ0n) is 25.3. The minimum Gasteiger partial charge on any atom is -0.497 e. The van der Waals surface area contributed by atoms with Gasteiger partial charge < -0.3 is 19.1 Å². The highest BCUT2D eigenvalue weighted by atomic mass is 16.5. The van der Waals surface area contributed by atoms with Crippen molar-refractivity contribution in [1.82, 2.24) is 9.80 Å². The van der Waals surface area contributed by atoms with Crippen LogP contribution < -0.4 is 4.74 Å². The number of hydrogen-bond acceptors (Lipinski definition) is 5. The Balaban J connectivity index is 1.36. The van der Waals surface area contributed by atoms with Crippen molar-refractivity contribution in [1.29, 1.82) is 0 Å². The molecule has 2 heterocycles. The first-order valence-electron chi connectivity index (χ1n) is 15.1. The molecule has 2 bridgehead atoms. The number of methoxy groups -OCH3 is 3. The molecule has 42 heavy (non-hydrogen) atoms. The number of ether oxygens (including phenoxy) is 3.